The van der Waals surface area contributed by atoms with Gasteiger partial charge in [-0.05, 0) is 72.0 Å². The van der Waals surface area contributed by atoms with E-state index >= 15 is 0 Å². The molecule has 0 unspecified atom stereocenters. The van der Waals surface area contributed by atoms with Crippen LogP contribution in [-0.4, -0.2) is 11.7 Å². The molecule has 4 nitrogen and oxygen atoms in total. The molecule has 1 saturated heterocycles. The van der Waals surface area contributed by atoms with Crippen LogP contribution in [0.5, 0.6) is 5.75 Å². The fraction of sp³-hybridized carbons (Fsp3) is 0.226. The van der Waals surface area contributed by atoms with E-state index in [9.17, 15) is 18.4 Å². The summed E-state index contributed by atoms with van der Waals surface area (Å²) >= 11 is 0. The number of benzene rings is 3. The van der Waals surface area contributed by atoms with Crippen LogP contribution in [0.2, 0.25) is 0 Å². The van der Waals surface area contributed by atoms with Crippen LogP contribution in [0.4, 0.5) is 14.5 Å². The number of ether oxygens (including phenoxy) is 1. The zero-order chi connectivity index (χ0) is 25.8. The number of ketones is 1. The Bertz CT molecular complexity index is 1330. The fourth-order valence-corrected chi connectivity index (χ4v) is 4.89. The third-order valence-electron chi connectivity index (χ3n) is 6.93. The van der Waals surface area contributed by atoms with Crippen molar-refractivity contribution in [1.82, 2.24) is 0 Å². The smallest absolute Gasteiger partial charge is 0.233 e. The number of rotatable bonds is 9. The standard InChI is InChI=1S/C31H27F2NO3/c32-24-10-6-22(7-11-24)29(35)19-18-28-30(34(31(28)36)26-14-12-25(33)13-15-26)23-8-16-27(17-9-23)37-20-21-4-2-1-3-5-21/h1-6,8-10,12-17,28,30H,7,11,18-20H2/t28-,30-/m1/s1. The van der Waals surface area contributed by atoms with Crippen LogP contribution in [0.25, 0.3) is 0 Å². The molecule has 0 radical (unpaired) electrons. The number of allylic oxidation sites excluding steroid dienone is 4. The summed E-state index contributed by atoms with van der Waals surface area (Å²) in [6, 6.07) is 23.0. The first-order valence-electron chi connectivity index (χ1n) is 12.4. The summed E-state index contributed by atoms with van der Waals surface area (Å²) in [5, 5.41) is 0. The highest BCUT2D eigenvalue weighted by molar-refractivity contribution is 6.04. The van der Waals surface area contributed by atoms with Crippen molar-refractivity contribution in [2.75, 3.05) is 4.90 Å². The van der Waals surface area contributed by atoms with Gasteiger partial charge in [0.2, 0.25) is 5.91 Å². The van der Waals surface area contributed by atoms with E-state index in [1.54, 1.807) is 23.1 Å². The van der Waals surface area contributed by atoms with Gasteiger partial charge in [0, 0.05) is 18.5 Å². The van der Waals surface area contributed by atoms with Gasteiger partial charge >= 0.3 is 0 Å². The van der Waals surface area contributed by atoms with Gasteiger partial charge in [-0.25, -0.2) is 8.78 Å². The number of amides is 1. The Kier molecular flexibility index (Phi) is 7.26. The van der Waals surface area contributed by atoms with Crippen LogP contribution < -0.4 is 9.64 Å². The number of Topliss-reactive ketones (excluding diaryl/α,β-unsaturated/α-hetero) is 1. The normalized spacial score (nSPS) is 19.1. The van der Waals surface area contributed by atoms with E-state index < -0.39 is 0 Å². The lowest BCUT2D eigenvalue weighted by molar-refractivity contribution is -0.131. The molecule has 3 aromatic rings. The Labute approximate surface area is 214 Å². The number of nitrogens with zero attached hydrogens (tertiary/aromatic N) is 1. The van der Waals surface area contributed by atoms with Gasteiger partial charge in [-0.2, -0.15) is 0 Å². The van der Waals surface area contributed by atoms with E-state index in [1.165, 1.54) is 18.2 Å². The van der Waals surface area contributed by atoms with Crippen molar-refractivity contribution in [2.45, 2.75) is 38.3 Å². The van der Waals surface area contributed by atoms with Gasteiger partial charge in [-0.3, -0.25) is 9.59 Å². The van der Waals surface area contributed by atoms with E-state index in [-0.39, 0.29) is 48.1 Å². The molecule has 0 N–H and O–H groups in total. The van der Waals surface area contributed by atoms with E-state index in [4.69, 9.17) is 4.74 Å². The maximum Gasteiger partial charge on any atom is 0.233 e. The van der Waals surface area contributed by atoms with Crippen molar-refractivity contribution in [3.05, 3.63) is 119 Å². The molecule has 0 aromatic heterocycles. The number of β-lactam (4-membered cyclic amide) rings is 1. The highest BCUT2D eigenvalue weighted by Crippen LogP contribution is 2.46. The largest absolute Gasteiger partial charge is 0.489 e. The lowest BCUT2D eigenvalue weighted by atomic mass is 9.78. The van der Waals surface area contributed by atoms with Gasteiger partial charge in [0.25, 0.3) is 0 Å². The minimum Gasteiger partial charge on any atom is -0.489 e. The minimum atomic E-state index is -0.387. The summed E-state index contributed by atoms with van der Waals surface area (Å²) in [7, 11) is 0. The second kappa shape index (κ2) is 10.9. The average molecular weight is 500 g/mol. The summed E-state index contributed by atoms with van der Waals surface area (Å²) in [5.74, 6) is -0.430. The van der Waals surface area contributed by atoms with Crippen molar-refractivity contribution >= 4 is 17.4 Å². The Morgan fingerprint density at radius 2 is 1.62 bits per heavy atom. The second-order valence-corrected chi connectivity index (χ2v) is 9.35. The molecule has 1 aliphatic carbocycles. The van der Waals surface area contributed by atoms with Crippen LogP contribution in [0.15, 0.2) is 102 Å². The summed E-state index contributed by atoms with van der Waals surface area (Å²) in [6.45, 7) is 0.448. The Morgan fingerprint density at radius 3 is 2.30 bits per heavy atom. The molecule has 1 amide bonds. The van der Waals surface area contributed by atoms with Crippen molar-refractivity contribution in [3.8, 4) is 5.75 Å². The van der Waals surface area contributed by atoms with Crippen LogP contribution in [-0.2, 0) is 16.2 Å². The van der Waals surface area contributed by atoms with Gasteiger partial charge in [-0.1, -0.05) is 48.5 Å². The molecule has 5 rings (SSSR count). The molecule has 3 aromatic carbocycles. The average Bonchev–Trinajstić information content (AvgIpc) is 2.93. The molecule has 1 fully saturated rings. The van der Waals surface area contributed by atoms with Crippen LogP contribution in [0, 0.1) is 11.7 Å². The maximum atomic E-state index is 13.5. The van der Waals surface area contributed by atoms with E-state index in [0.717, 1.165) is 11.1 Å². The third kappa shape index (κ3) is 5.53. The first kappa shape index (κ1) is 24.6. The highest BCUT2D eigenvalue weighted by atomic mass is 19.1. The minimum absolute atomic E-state index is 0.0554. The van der Waals surface area contributed by atoms with Gasteiger partial charge in [0.1, 0.15) is 24.0 Å². The number of halogens is 2. The lowest BCUT2D eigenvalue weighted by Crippen LogP contribution is -2.55. The highest BCUT2D eigenvalue weighted by Gasteiger charge is 2.48. The summed E-state index contributed by atoms with van der Waals surface area (Å²) in [4.78, 5) is 27.6. The van der Waals surface area contributed by atoms with Gasteiger partial charge in [0.05, 0.1) is 12.0 Å². The summed E-state index contributed by atoms with van der Waals surface area (Å²) in [6.07, 6.45) is 4.10. The fourth-order valence-electron chi connectivity index (χ4n) is 4.89. The molecule has 2 aliphatic rings. The van der Waals surface area contributed by atoms with E-state index in [1.807, 2.05) is 54.6 Å². The lowest BCUT2D eigenvalue weighted by Gasteiger charge is -2.47. The van der Waals surface area contributed by atoms with Gasteiger partial charge < -0.3 is 9.64 Å². The van der Waals surface area contributed by atoms with Gasteiger partial charge in [-0.15, -0.1) is 0 Å². The summed E-state index contributed by atoms with van der Waals surface area (Å²) < 4.78 is 32.7. The zero-order valence-electron chi connectivity index (χ0n) is 20.3. The van der Waals surface area contributed by atoms with Crippen LogP contribution >= 0.6 is 0 Å². The number of carbonyl (C=O) groups excluding carboxylic acids is 2. The number of anilines is 1. The molecule has 188 valence electrons. The van der Waals surface area contributed by atoms with Crippen molar-refractivity contribution in [1.29, 1.82) is 0 Å². The number of hydrogen-bond donors (Lipinski definition) is 0. The zero-order valence-corrected chi connectivity index (χ0v) is 20.3. The third-order valence-corrected chi connectivity index (χ3v) is 6.93. The Morgan fingerprint density at radius 1 is 0.892 bits per heavy atom. The second-order valence-electron chi connectivity index (χ2n) is 9.35. The predicted molar refractivity (Wildman–Crippen MR) is 138 cm³/mol. The summed E-state index contributed by atoms with van der Waals surface area (Å²) in [5.41, 5.74) is 3.18. The van der Waals surface area contributed by atoms with Crippen LogP contribution in [0.3, 0.4) is 0 Å². The monoisotopic (exact) mass is 499 g/mol. The SMILES string of the molecule is O=C(CC[C@H]1C(=O)N(c2ccc(F)cc2)[C@@H]1c1ccc(OCc2ccccc2)cc1)C1=CC=C(F)CC1. The quantitative estimate of drug-likeness (QED) is 0.297. The molecule has 0 spiro atoms. The van der Waals surface area contributed by atoms with Crippen molar-refractivity contribution < 1.29 is 23.1 Å². The molecule has 1 heterocycles. The Balaban J connectivity index is 1.32. The molecular formula is C31H27F2NO3. The maximum absolute atomic E-state index is 13.5. The number of carbonyl (C=O) groups is 2. The van der Waals surface area contributed by atoms with E-state index in [2.05, 4.69) is 0 Å². The molecular weight excluding hydrogens is 472 g/mol. The molecule has 37 heavy (non-hydrogen) atoms. The molecule has 6 heteroatoms. The van der Waals surface area contributed by atoms with Crippen molar-refractivity contribution in [2.24, 2.45) is 5.92 Å². The molecule has 0 saturated carbocycles. The first-order chi connectivity index (χ1) is 18.0. The predicted octanol–water partition coefficient (Wildman–Crippen LogP) is 7.03. The molecule has 1 aliphatic heterocycles. The van der Waals surface area contributed by atoms with E-state index in [0.29, 0.717) is 36.5 Å². The number of hydrogen-bond acceptors (Lipinski definition) is 3. The van der Waals surface area contributed by atoms with Crippen LogP contribution in [0.1, 0.15) is 42.9 Å². The topological polar surface area (TPSA) is 46.6 Å². The Hall–Kier alpha value is -4.06. The van der Waals surface area contributed by atoms with Crippen molar-refractivity contribution in [3.63, 3.8) is 0 Å². The molecule has 2 atom stereocenters. The van der Waals surface area contributed by atoms with Gasteiger partial charge in [0.15, 0.2) is 5.78 Å². The first-order valence-corrected chi connectivity index (χ1v) is 12.4. The molecule has 0 bridgehead atoms.